The highest BCUT2D eigenvalue weighted by atomic mass is 15.1. The van der Waals surface area contributed by atoms with Crippen LogP contribution in [0.3, 0.4) is 0 Å². The Morgan fingerprint density at radius 1 is 1.25 bits per heavy atom. The molecule has 0 unspecified atom stereocenters. The number of nitrogens with zero attached hydrogens (tertiary/aromatic N) is 1. The lowest BCUT2D eigenvalue weighted by Gasteiger charge is -2.30. The Balaban J connectivity index is 1.93. The molecule has 1 saturated carbocycles. The molecule has 0 radical (unpaired) electrons. The van der Waals surface area contributed by atoms with Gasteiger partial charge in [-0.25, -0.2) is 0 Å². The molecule has 0 spiro atoms. The summed E-state index contributed by atoms with van der Waals surface area (Å²) in [5.74, 6) is 2.80. The molecule has 3 atom stereocenters. The number of likely N-dealkylation sites (tertiary alicyclic amines) is 1. The van der Waals surface area contributed by atoms with E-state index in [0.29, 0.717) is 0 Å². The lowest BCUT2D eigenvalue weighted by Crippen LogP contribution is -2.27. The Morgan fingerprint density at radius 3 is 2.75 bits per heavy atom. The van der Waals surface area contributed by atoms with Crippen molar-refractivity contribution in [2.24, 2.45) is 23.5 Å². The molecule has 0 aromatic carbocycles. The summed E-state index contributed by atoms with van der Waals surface area (Å²) in [6.45, 7) is 3.57. The third-order valence-electron chi connectivity index (χ3n) is 3.67. The third kappa shape index (κ3) is 1.50. The smallest absolute Gasteiger partial charge is 0.000996 e. The number of hydrogen-bond donors (Lipinski definition) is 1. The summed E-state index contributed by atoms with van der Waals surface area (Å²) in [6.07, 6.45) is 4.20. The van der Waals surface area contributed by atoms with Crippen LogP contribution < -0.4 is 5.73 Å². The van der Waals surface area contributed by atoms with Crippen LogP contribution in [0.25, 0.3) is 0 Å². The monoisotopic (exact) mass is 168 g/mol. The molecule has 2 N–H and O–H groups in total. The fourth-order valence-corrected chi connectivity index (χ4v) is 2.98. The van der Waals surface area contributed by atoms with Crippen molar-refractivity contribution in [1.82, 2.24) is 4.90 Å². The molecule has 1 heterocycles. The zero-order valence-corrected chi connectivity index (χ0v) is 8.00. The number of hydrogen-bond acceptors (Lipinski definition) is 2. The van der Waals surface area contributed by atoms with E-state index in [1.807, 2.05) is 0 Å². The zero-order chi connectivity index (χ0) is 8.55. The summed E-state index contributed by atoms with van der Waals surface area (Å²) in [6, 6.07) is 0. The molecule has 70 valence electrons. The van der Waals surface area contributed by atoms with Crippen LogP contribution in [0.5, 0.6) is 0 Å². The van der Waals surface area contributed by atoms with Crippen molar-refractivity contribution < 1.29 is 0 Å². The molecule has 1 aliphatic carbocycles. The van der Waals surface area contributed by atoms with Gasteiger partial charge in [0.15, 0.2) is 0 Å². The first-order valence-electron chi connectivity index (χ1n) is 5.18. The highest BCUT2D eigenvalue weighted by Crippen LogP contribution is 2.37. The lowest BCUT2D eigenvalue weighted by atomic mass is 9.76. The Morgan fingerprint density at radius 2 is 2.00 bits per heavy atom. The Bertz CT molecular complexity index is 158. The van der Waals surface area contributed by atoms with E-state index in [1.54, 1.807) is 0 Å². The van der Waals surface area contributed by atoms with Crippen molar-refractivity contribution in [1.29, 1.82) is 0 Å². The van der Waals surface area contributed by atoms with Gasteiger partial charge >= 0.3 is 0 Å². The van der Waals surface area contributed by atoms with Crippen LogP contribution in [0.1, 0.15) is 19.3 Å². The summed E-state index contributed by atoms with van der Waals surface area (Å²) in [5.41, 5.74) is 5.71. The van der Waals surface area contributed by atoms with Crippen LogP contribution in [0.15, 0.2) is 0 Å². The number of rotatable bonds is 1. The van der Waals surface area contributed by atoms with Crippen molar-refractivity contribution in [3.8, 4) is 0 Å². The maximum atomic E-state index is 5.71. The lowest BCUT2D eigenvalue weighted by molar-refractivity contribution is 0.229. The molecule has 2 rings (SSSR count). The molecule has 0 aromatic rings. The summed E-state index contributed by atoms with van der Waals surface area (Å²) >= 11 is 0. The van der Waals surface area contributed by atoms with Gasteiger partial charge in [0, 0.05) is 13.1 Å². The molecular formula is C10H20N2. The van der Waals surface area contributed by atoms with Gasteiger partial charge in [0.05, 0.1) is 0 Å². The first-order chi connectivity index (χ1) is 5.79. The second kappa shape index (κ2) is 3.35. The third-order valence-corrected chi connectivity index (χ3v) is 3.67. The van der Waals surface area contributed by atoms with Crippen LogP contribution in [0, 0.1) is 17.8 Å². The number of nitrogens with two attached hydrogens (primary N) is 1. The van der Waals surface area contributed by atoms with Crippen molar-refractivity contribution in [2.75, 3.05) is 26.7 Å². The van der Waals surface area contributed by atoms with Crippen LogP contribution in [-0.2, 0) is 0 Å². The van der Waals surface area contributed by atoms with E-state index >= 15 is 0 Å². The largest absolute Gasteiger partial charge is 0.330 e. The second-order valence-electron chi connectivity index (χ2n) is 4.66. The minimum absolute atomic E-state index is 0.831. The van der Waals surface area contributed by atoms with Gasteiger partial charge in [-0.15, -0.1) is 0 Å². The van der Waals surface area contributed by atoms with Crippen LogP contribution in [0.4, 0.5) is 0 Å². The fourth-order valence-electron chi connectivity index (χ4n) is 2.98. The molecule has 2 fully saturated rings. The SMILES string of the molecule is CN1C[C@H]2C[C@H](CN)CC[C@H]2C1. The van der Waals surface area contributed by atoms with E-state index in [0.717, 1.165) is 24.3 Å². The standard InChI is InChI=1S/C10H20N2/c1-12-6-9-3-2-8(5-11)4-10(9)7-12/h8-10H,2-7,11H2,1H3/t8-,9+,10-/m1/s1. The van der Waals surface area contributed by atoms with Gasteiger partial charge in [0.1, 0.15) is 0 Å². The Hall–Kier alpha value is -0.0800. The topological polar surface area (TPSA) is 29.3 Å². The van der Waals surface area contributed by atoms with E-state index in [-0.39, 0.29) is 0 Å². The van der Waals surface area contributed by atoms with Gasteiger partial charge in [-0.1, -0.05) is 0 Å². The van der Waals surface area contributed by atoms with E-state index in [2.05, 4.69) is 11.9 Å². The molecule has 2 heteroatoms. The molecule has 1 aliphatic heterocycles. The van der Waals surface area contributed by atoms with Gasteiger partial charge < -0.3 is 10.6 Å². The van der Waals surface area contributed by atoms with E-state index in [9.17, 15) is 0 Å². The first-order valence-corrected chi connectivity index (χ1v) is 5.18. The minimum atomic E-state index is 0.831. The molecule has 0 amide bonds. The predicted molar refractivity (Wildman–Crippen MR) is 50.9 cm³/mol. The molecular weight excluding hydrogens is 148 g/mol. The predicted octanol–water partition coefficient (Wildman–Crippen LogP) is 0.923. The van der Waals surface area contributed by atoms with E-state index in [1.165, 1.54) is 32.4 Å². The summed E-state index contributed by atoms with van der Waals surface area (Å²) in [5, 5.41) is 0. The molecule has 2 nitrogen and oxygen atoms in total. The minimum Gasteiger partial charge on any atom is -0.330 e. The van der Waals surface area contributed by atoms with Crippen molar-refractivity contribution >= 4 is 0 Å². The zero-order valence-electron chi connectivity index (χ0n) is 8.00. The summed E-state index contributed by atoms with van der Waals surface area (Å²) in [4.78, 5) is 2.48. The molecule has 1 saturated heterocycles. The van der Waals surface area contributed by atoms with Crippen molar-refractivity contribution in [2.45, 2.75) is 19.3 Å². The Labute approximate surface area is 75.1 Å². The molecule has 0 bridgehead atoms. The number of fused-ring (bicyclic) bond motifs is 1. The molecule has 12 heavy (non-hydrogen) atoms. The van der Waals surface area contributed by atoms with Gasteiger partial charge in [-0.2, -0.15) is 0 Å². The molecule has 0 aromatic heterocycles. The average Bonchev–Trinajstić information content (AvgIpc) is 2.43. The molecule has 2 aliphatic rings. The van der Waals surface area contributed by atoms with Gasteiger partial charge in [0.25, 0.3) is 0 Å². The van der Waals surface area contributed by atoms with Crippen LogP contribution >= 0.6 is 0 Å². The second-order valence-corrected chi connectivity index (χ2v) is 4.66. The normalized spacial score (nSPS) is 43.0. The van der Waals surface area contributed by atoms with Gasteiger partial charge in [-0.3, -0.25) is 0 Å². The van der Waals surface area contributed by atoms with Gasteiger partial charge in [0.2, 0.25) is 0 Å². The maximum absolute atomic E-state index is 5.71. The fraction of sp³-hybridized carbons (Fsp3) is 1.00. The van der Waals surface area contributed by atoms with Crippen LogP contribution in [-0.4, -0.2) is 31.6 Å². The average molecular weight is 168 g/mol. The summed E-state index contributed by atoms with van der Waals surface area (Å²) < 4.78 is 0. The maximum Gasteiger partial charge on any atom is 0.000996 e. The summed E-state index contributed by atoms with van der Waals surface area (Å²) in [7, 11) is 2.25. The van der Waals surface area contributed by atoms with Gasteiger partial charge in [-0.05, 0) is 50.6 Å². The van der Waals surface area contributed by atoms with Crippen molar-refractivity contribution in [3.63, 3.8) is 0 Å². The highest BCUT2D eigenvalue weighted by molar-refractivity contribution is 4.88. The van der Waals surface area contributed by atoms with E-state index in [4.69, 9.17) is 5.73 Å². The highest BCUT2D eigenvalue weighted by Gasteiger charge is 2.35. The Kier molecular flexibility index (Phi) is 2.37. The van der Waals surface area contributed by atoms with Crippen LogP contribution in [0.2, 0.25) is 0 Å². The van der Waals surface area contributed by atoms with Crippen molar-refractivity contribution in [3.05, 3.63) is 0 Å². The quantitative estimate of drug-likeness (QED) is 0.631. The first kappa shape index (κ1) is 8.52. The van der Waals surface area contributed by atoms with E-state index < -0.39 is 0 Å².